The highest BCUT2D eigenvalue weighted by Gasteiger charge is 2.31. The lowest BCUT2D eigenvalue weighted by Gasteiger charge is -2.35. The van der Waals surface area contributed by atoms with Crippen LogP contribution in [0.5, 0.6) is 5.75 Å². The number of rotatable bonds is 8. The van der Waals surface area contributed by atoms with Crippen LogP contribution in [0.2, 0.25) is 0 Å². The Kier molecular flexibility index (Phi) is 7.79. The fourth-order valence-corrected chi connectivity index (χ4v) is 5.64. The van der Waals surface area contributed by atoms with Gasteiger partial charge in [0.25, 0.3) is 10.0 Å². The van der Waals surface area contributed by atoms with Gasteiger partial charge in [-0.05, 0) is 61.6 Å². The number of anilines is 1. The minimum Gasteiger partial charge on any atom is -0.497 e. The summed E-state index contributed by atoms with van der Waals surface area (Å²) in [4.78, 5) is 24.6. The number of carbonyl (C=O) groups is 2. The molecule has 1 aliphatic carbocycles. The summed E-state index contributed by atoms with van der Waals surface area (Å²) in [6.07, 6.45) is 3.06. The fraction of sp³-hybridized carbons (Fsp3) is 0.440. The van der Waals surface area contributed by atoms with Gasteiger partial charge in [-0.2, -0.15) is 0 Å². The van der Waals surface area contributed by atoms with Crippen molar-refractivity contribution in [3.63, 3.8) is 0 Å². The third-order valence-corrected chi connectivity index (χ3v) is 8.34. The molecule has 0 spiro atoms. The van der Waals surface area contributed by atoms with Crippen LogP contribution < -0.4 is 14.4 Å². The van der Waals surface area contributed by atoms with Crippen LogP contribution in [0.1, 0.15) is 50.4 Å². The van der Waals surface area contributed by atoms with Crippen LogP contribution >= 0.6 is 0 Å². The van der Waals surface area contributed by atoms with Crippen molar-refractivity contribution in [1.29, 1.82) is 0 Å². The van der Waals surface area contributed by atoms with Gasteiger partial charge in [-0.15, -0.1) is 0 Å². The van der Waals surface area contributed by atoms with E-state index in [0.29, 0.717) is 28.8 Å². The summed E-state index contributed by atoms with van der Waals surface area (Å²) in [6, 6.07) is 12.3. The summed E-state index contributed by atoms with van der Waals surface area (Å²) in [7, 11) is -2.53. The van der Waals surface area contributed by atoms with Crippen molar-refractivity contribution in [2.75, 3.05) is 18.0 Å². The summed E-state index contributed by atoms with van der Waals surface area (Å²) < 4.78 is 33.4. The summed E-state index contributed by atoms with van der Waals surface area (Å²) in [5, 5.41) is 3.06. The van der Waals surface area contributed by atoms with Gasteiger partial charge >= 0.3 is 0 Å². The van der Waals surface area contributed by atoms with E-state index in [9.17, 15) is 18.0 Å². The number of hydrogen-bond acceptors (Lipinski definition) is 5. The first kappa shape index (κ1) is 24.8. The number of methoxy groups -OCH3 is 1. The Morgan fingerprint density at radius 3 is 2.24 bits per heavy atom. The fourth-order valence-electron chi connectivity index (χ4n) is 4.22. The summed E-state index contributed by atoms with van der Waals surface area (Å²) in [6.45, 7) is 5.39. The van der Waals surface area contributed by atoms with E-state index >= 15 is 0 Å². The molecule has 7 nitrogen and oxygen atoms in total. The molecule has 1 fully saturated rings. The molecule has 0 bridgehead atoms. The van der Waals surface area contributed by atoms with Crippen molar-refractivity contribution >= 4 is 27.4 Å². The normalized spacial score (nSPS) is 20.7. The van der Waals surface area contributed by atoms with Gasteiger partial charge in [-0.1, -0.05) is 38.8 Å². The molecule has 3 rings (SSSR count). The van der Waals surface area contributed by atoms with Crippen molar-refractivity contribution in [2.45, 2.75) is 51.0 Å². The number of ketones is 1. The van der Waals surface area contributed by atoms with Gasteiger partial charge in [0.05, 0.1) is 17.7 Å². The van der Waals surface area contributed by atoms with Crippen LogP contribution in [0.25, 0.3) is 0 Å². The van der Waals surface area contributed by atoms with E-state index in [1.54, 1.807) is 24.3 Å². The van der Waals surface area contributed by atoms with Crippen LogP contribution in [-0.4, -0.2) is 39.8 Å². The van der Waals surface area contributed by atoms with Crippen LogP contribution in [0.4, 0.5) is 5.69 Å². The lowest BCUT2D eigenvalue weighted by Crippen LogP contribution is -2.48. The minimum absolute atomic E-state index is 0.00998. The molecular weight excluding hydrogens is 440 g/mol. The molecule has 0 radical (unpaired) electrons. The molecule has 0 heterocycles. The molecule has 1 aliphatic rings. The van der Waals surface area contributed by atoms with Gasteiger partial charge in [0.2, 0.25) is 5.91 Å². The highest BCUT2D eigenvalue weighted by atomic mass is 32.2. The molecule has 33 heavy (non-hydrogen) atoms. The Morgan fingerprint density at radius 1 is 1.03 bits per heavy atom. The number of Topliss-reactive ketones (excluding diaryl/α,β-unsaturated/α-hetero) is 1. The average molecular weight is 473 g/mol. The summed E-state index contributed by atoms with van der Waals surface area (Å²) in [5.74, 6) is 0.913. The maximum Gasteiger partial charge on any atom is 0.264 e. The Morgan fingerprint density at radius 2 is 1.67 bits per heavy atom. The first-order valence-electron chi connectivity index (χ1n) is 11.2. The lowest BCUT2D eigenvalue weighted by molar-refractivity contribution is -0.121. The maximum absolute atomic E-state index is 13.5. The predicted octanol–water partition coefficient (Wildman–Crippen LogP) is 4.03. The monoisotopic (exact) mass is 472 g/mol. The molecule has 1 N–H and O–H groups in total. The topological polar surface area (TPSA) is 92.8 Å². The number of sulfonamides is 1. The van der Waals surface area contributed by atoms with E-state index in [2.05, 4.69) is 19.2 Å². The molecular formula is C25H32N2O5S. The second kappa shape index (κ2) is 10.4. The zero-order valence-corrected chi connectivity index (χ0v) is 20.4. The quantitative estimate of drug-likeness (QED) is 0.586. The van der Waals surface area contributed by atoms with Crippen LogP contribution in [0.15, 0.2) is 53.4 Å². The Labute approximate surface area is 196 Å². The van der Waals surface area contributed by atoms with Crippen LogP contribution in [0.3, 0.4) is 0 Å². The number of amides is 1. The van der Waals surface area contributed by atoms with Crippen molar-refractivity contribution in [3.05, 3.63) is 54.1 Å². The first-order valence-corrected chi connectivity index (χ1v) is 12.6. The van der Waals surface area contributed by atoms with Gasteiger partial charge in [-0.25, -0.2) is 8.42 Å². The third-order valence-electron chi connectivity index (χ3n) is 6.55. The van der Waals surface area contributed by atoms with Crippen molar-refractivity contribution in [3.8, 4) is 5.75 Å². The van der Waals surface area contributed by atoms with E-state index in [0.717, 1.165) is 23.6 Å². The molecule has 2 aromatic rings. The molecule has 0 saturated heterocycles. The van der Waals surface area contributed by atoms with Gasteiger partial charge in [0.1, 0.15) is 12.3 Å². The summed E-state index contributed by atoms with van der Waals surface area (Å²) >= 11 is 0. The van der Waals surface area contributed by atoms with Crippen molar-refractivity contribution in [2.24, 2.45) is 11.8 Å². The van der Waals surface area contributed by atoms with E-state index in [4.69, 9.17) is 4.74 Å². The number of nitrogens with one attached hydrogen (secondary N) is 1. The number of carbonyl (C=O) groups excluding carboxylic acids is 2. The SMILES string of the molecule is COc1ccc(N(CC(=O)N[C@@H]2CCC[C@H](C)[C@@H]2C)S(=O)(=O)c2ccc(C(C)=O)cc2)cc1. The number of nitrogens with zero attached hydrogens (tertiary/aromatic N) is 1. The highest BCUT2D eigenvalue weighted by Crippen LogP contribution is 2.30. The lowest BCUT2D eigenvalue weighted by atomic mass is 9.78. The zero-order chi connectivity index (χ0) is 24.2. The van der Waals surface area contributed by atoms with E-state index in [1.807, 2.05) is 0 Å². The average Bonchev–Trinajstić information content (AvgIpc) is 2.80. The number of benzene rings is 2. The van der Waals surface area contributed by atoms with E-state index in [1.165, 1.54) is 38.3 Å². The molecule has 0 aliphatic heterocycles. The second-order valence-corrected chi connectivity index (χ2v) is 10.6. The molecule has 1 saturated carbocycles. The minimum atomic E-state index is -4.06. The van der Waals surface area contributed by atoms with Crippen molar-refractivity contribution < 1.29 is 22.7 Å². The van der Waals surface area contributed by atoms with Crippen LogP contribution in [-0.2, 0) is 14.8 Å². The van der Waals surface area contributed by atoms with Gasteiger partial charge < -0.3 is 10.1 Å². The third kappa shape index (κ3) is 5.74. The largest absolute Gasteiger partial charge is 0.497 e. The molecule has 3 atom stereocenters. The Bertz CT molecular complexity index is 1080. The number of ether oxygens (including phenoxy) is 1. The molecule has 0 unspecified atom stereocenters. The smallest absolute Gasteiger partial charge is 0.264 e. The Balaban J connectivity index is 1.90. The molecule has 2 aromatic carbocycles. The Hall–Kier alpha value is -2.87. The van der Waals surface area contributed by atoms with Gasteiger partial charge in [-0.3, -0.25) is 13.9 Å². The summed E-state index contributed by atoms with van der Waals surface area (Å²) in [5.41, 5.74) is 0.773. The van der Waals surface area contributed by atoms with E-state index in [-0.39, 0.29) is 29.2 Å². The van der Waals surface area contributed by atoms with E-state index < -0.39 is 10.0 Å². The molecule has 178 valence electrons. The zero-order valence-electron chi connectivity index (χ0n) is 19.6. The maximum atomic E-state index is 13.5. The second-order valence-electron chi connectivity index (χ2n) is 8.73. The standard InChI is InChI=1S/C25H32N2O5S/c1-17-6-5-7-24(18(17)2)26-25(29)16-27(21-10-12-22(32-4)13-11-21)33(30,31)23-14-8-20(9-15-23)19(3)28/h8-15,17-18,24H,5-7,16H2,1-4H3,(H,26,29)/t17-,18-,24+/m0/s1. The molecule has 1 amide bonds. The van der Waals surface area contributed by atoms with Crippen LogP contribution in [0, 0.1) is 11.8 Å². The van der Waals surface area contributed by atoms with Gasteiger partial charge in [0.15, 0.2) is 5.78 Å². The number of hydrogen-bond donors (Lipinski definition) is 1. The predicted molar refractivity (Wildman–Crippen MR) is 128 cm³/mol. The molecule has 0 aromatic heterocycles. The van der Waals surface area contributed by atoms with Crippen molar-refractivity contribution in [1.82, 2.24) is 5.32 Å². The highest BCUT2D eigenvalue weighted by molar-refractivity contribution is 7.92. The molecule has 8 heteroatoms. The van der Waals surface area contributed by atoms with Gasteiger partial charge in [0, 0.05) is 11.6 Å². The first-order chi connectivity index (χ1) is 15.6.